The first kappa shape index (κ1) is 13.4. The summed E-state index contributed by atoms with van der Waals surface area (Å²) in [5.74, 6) is -0.256. The molecule has 0 saturated heterocycles. The summed E-state index contributed by atoms with van der Waals surface area (Å²) >= 11 is 6.02. The molecule has 19 heavy (non-hydrogen) atoms. The summed E-state index contributed by atoms with van der Waals surface area (Å²) in [4.78, 5) is 16.2. The van der Waals surface area contributed by atoms with Gasteiger partial charge in [0, 0.05) is 12.4 Å². The van der Waals surface area contributed by atoms with Crippen LogP contribution < -0.4 is 11.1 Å². The lowest BCUT2D eigenvalue weighted by atomic mass is 10.1. The number of rotatable bonds is 3. The number of pyridine rings is 1. The number of benzene rings is 1. The second kappa shape index (κ2) is 5.71. The van der Waals surface area contributed by atoms with Gasteiger partial charge >= 0.3 is 0 Å². The number of aromatic nitrogens is 1. The topological polar surface area (TPSA) is 68.0 Å². The van der Waals surface area contributed by atoms with Crippen molar-refractivity contribution >= 4 is 23.2 Å². The molecule has 1 aromatic heterocycles. The zero-order valence-corrected chi connectivity index (χ0v) is 11.2. The number of anilines is 1. The van der Waals surface area contributed by atoms with Crippen LogP contribution in [-0.2, 0) is 0 Å². The van der Waals surface area contributed by atoms with Gasteiger partial charge in [0.15, 0.2) is 0 Å². The smallest absolute Gasteiger partial charge is 0.253 e. The Kier molecular flexibility index (Phi) is 4.02. The number of halogens is 1. The summed E-state index contributed by atoms with van der Waals surface area (Å²) in [6, 6.07) is 8.57. The van der Waals surface area contributed by atoms with Gasteiger partial charge in [-0.15, -0.1) is 0 Å². The van der Waals surface area contributed by atoms with E-state index in [4.69, 9.17) is 17.3 Å². The van der Waals surface area contributed by atoms with Gasteiger partial charge in [0.2, 0.25) is 0 Å². The molecule has 1 aromatic carbocycles. The minimum Gasteiger partial charge on any atom is -0.398 e. The Morgan fingerprint density at radius 1 is 1.37 bits per heavy atom. The van der Waals surface area contributed by atoms with Crippen molar-refractivity contribution in [2.45, 2.75) is 13.0 Å². The Morgan fingerprint density at radius 3 is 2.84 bits per heavy atom. The fourth-order valence-corrected chi connectivity index (χ4v) is 1.93. The number of carbonyl (C=O) groups is 1. The molecule has 0 saturated carbocycles. The Balaban J connectivity index is 2.16. The van der Waals surface area contributed by atoms with Gasteiger partial charge in [0.25, 0.3) is 5.91 Å². The highest BCUT2D eigenvalue weighted by Crippen LogP contribution is 2.23. The van der Waals surface area contributed by atoms with Gasteiger partial charge in [-0.25, -0.2) is 0 Å². The highest BCUT2D eigenvalue weighted by Gasteiger charge is 2.15. The Bertz CT molecular complexity index is 586. The molecule has 1 atom stereocenters. The van der Waals surface area contributed by atoms with Crippen LogP contribution in [0.2, 0.25) is 5.02 Å². The van der Waals surface area contributed by atoms with Gasteiger partial charge in [-0.05, 0) is 30.7 Å². The van der Waals surface area contributed by atoms with Crippen molar-refractivity contribution in [1.29, 1.82) is 0 Å². The Morgan fingerprint density at radius 2 is 2.16 bits per heavy atom. The first-order valence-corrected chi connectivity index (χ1v) is 6.22. The fourth-order valence-electron chi connectivity index (χ4n) is 1.72. The maximum absolute atomic E-state index is 12.1. The molecular weight excluding hydrogens is 262 g/mol. The molecule has 1 unspecified atom stereocenters. The number of amides is 1. The number of nitrogen functional groups attached to an aromatic ring is 1. The van der Waals surface area contributed by atoms with Crippen molar-refractivity contribution in [2.24, 2.45) is 0 Å². The zero-order valence-electron chi connectivity index (χ0n) is 10.4. The molecule has 0 bridgehead atoms. The van der Waals surface area contributed by atoms with Crippen LogP contribution in [0.5, 0.6) is 0 Å². The summed E-state index contributed by atoms with van der Waals surface area (Å²) < 4.78 is 0. The Labute approximate surface area is 116 Å². The third-order valence-corrected chi connectivity index (χ3v) is 3.23. The molecule has 1 amide bonds. The summed E-state index contributed by atoms with van der Waals surface area (Å²) in [5, 5.41) is 3.14. The predicted molar refractivity (Wildman–Crippen MR) is 76.0 cm³/mol. The molecule has 5 heteroatoms. The number of carbonyl (C=O) groups excluding carboxylic acids is 1. The number of hydrogen-bond acceptors (Lipinski definition) is 3. The molecule has 98 valence electrons. The summed E-state index contributed by atoms with van der Waals surface area (Å²) in [6.45, 7) is 1.88. The average Bonchev–Trinajstić information content (AvgIpc) is 2.42. The standard InChI is InChI=1S/C14H14ClN3O/c1-9(10-4-3-7-17-8-10)18-14(19)11-5-2-6-12(16)13(11)15/h2-9H,16H2,1H3,(H,18,19). The monoisotopic (exact) mass is 275 g/mol. The minimum atomic E-state index is -0.256. The molecule has 0 aliphatic carbocycles. The summed E-state index contributed by atoms with van der Waals surface area (Å²) in [7, 11) is 0. The van der Waals surface area contributed by atoms with Crippen molar-refractivity contribution in [2.75, 3.05) is 5.73 Å². The van der Waals surface area contributed by atoms with E-state index in [2.05, 4.69) is 10.3 Å². The van der Waals surface area contributed by atoms with E-state index in [-0.39, 0.29) is 17.0 Å². The SMILES string of the molecule is CC(NC(=O)c1cccc(N)c1Cl)c1cccnc1. The molecule has 0 fully saturated rings. The van der Waals surface area contributed by atoms with Crippen LogP contribution in [0.1, 0.15) is 28.9 Å². The molecule has 2 rings (SSSR count). The van der Waals surface area contributed by atoms with Crippen molar-refractivity contribution in [3.05, 3.63) is 58.9 Å². The first-order chi connectivity index (χ1) is 9.09. The summed E-state index contributed by atoms with van der Waals surface area (Å²) in [5.41, 5.74) is 7.37. The van der Waals surface area contributed by atoms with Crippen LogP contribution in [0.4, 0.5) is 5.69 Å². The molecule has 3 N–H and O–H groups in total. The largest absolute Gasteiger partial charge is 0.398 e. The second-order valence-electron chi connectivity index (χ2n) is 4.19. The van der Waals surface area contributed by atoms with Gasteiger partial charge in [-0.1, -0.05) is 23.7 Å². The van der Waals surface area contributed by atoms with E-state index in [0.29, 0.717) is 11.3 Å². The molecule has 0 spiro atoms. The minimum absolute atomic E-state index is 0.154. The summed E-state index contributed by atoms with van der Waals surface area (Å²) in [6.07, 6.45) is 3.40. The van der Waals surface area contributed by atoms with E-state index in [1.807, 2.05) is 19.1 Å². The molecule has 0 aliphatic heterocycles. The van der Waals surface area contributed by atoms with Gasteiger partial charge in [0.1, 0.15) is 0 Å². The van der Waals surface area contributed by atoms with E-state index >= 15 is 0 Å². The maximum atomic E-state index is 12.1. The third kappa shape index (κ3) is 3.03. The van der Waals surface area contributed by atoms with Crippen LogP contribution in [0, 0.1) is 0 Å². The number of nitrogens with zero attached hydrogens (tertiary/aromatic N) is 1. The van der Waals surface area contributed by atoms with E-state index in [1.165, 1.54) is 0 Å². The molecule has 4 nitrogen and oxygen atoms in total. The average molecular weight is 276 g/mol. The van der Waals surface area contributed by atoms with Crippen molar-refractivity contribution in [1.82, 2.24) is 10.3 Å². The number of hydrogen-bond donors (Lipinski definition) is 2. The number of nitrogens with one attached hydrogen (secondary N) is 1. The lowest BCUT2D eigenvalue weighted by Crippen LogP contribution is -2.27. The van der Waals surface area contributed by atoms with Gasteiger partial charge < -0.3 is 11.1 Å². The fraction of sp³-hybridized carbons (Fsp3) is 0.143. The highest BCUT2D eigenvalue weighted by atomic mass is 35.5. The van der Waals surface area contributed by atoms with Crippen LogP contribution in [0.25, 0.3) is 0 Å². The lowest BCUT2D eigenvalue weighted by molar-refractivity contribution is 0.0940. The third-order valence-electron chi connectivity index (χ3n) is 2.81. The van der Waals surface area contributed by atoms with Crippen molar-refractivity contribution in [3.8, 4) is 0 Å². The van der Waals surface area contributed by atoms with E-state index in [1.54, 1.807) is 30.6 Å². The van der Waals surface area contributed by atoms with Gasteiger partial charge in [-0.3, -0.25) is 9.78 Å². The van der Waals surface area contributed by atoms with E-state index in [0.717, 1.165) is 5.56 Å². The lowest BCUT2D eigenvalue weighted by Gasteiger charge is -2.14. The van der Waals surface area contributed by atoms with Crippen LogP contribution >= 0.6 is 11.6 Å². The Hall–Kier alpha value is -2.07. The molecule has 0 radical (unpaired) electrons. The predicted octanol–water partition coefficient (Wildman–Crippen LogP) is 2.81. The quantitative estimate of drug-likeness (QED) is 0.847. The molecule has 2 aromatic rings. The van der Waals surface area contributed by atoms with Crippen molar-refractivity contribution in [3.63, 3.8) is 0 Å². The van der Waals surface area contributed by atoms with Crippen LogP contribution in [0.15, 0.2) is 42.7 Å². The van der Waals surface area contributed by atoms with Crippen LogP contribution in [0.3, 0.4) is 0 Å². The maximum Gasteiger partial charge on any atom is 0.253 e. The van der Waals surface area contributed by atoms with Crippen LogP contribution in [-0.4, -0.2) is 10.9 Å². The normalized spacial score (nSPS) is 11.9. The van der Waals surface area contributed by atoms with Gasteiger partial charge in [0.05, 0.1) is 22.3 Å². The number of nitrogens with two attached hydrogens (primary N) is 1. The van der Waals surface area contributed by atoms with E-state index < -0.39 is 0 Å². The second-order valence-corrected chi connectivity index (χ2v) is 4.57. The molecular formula is C14H14ClN3O. The van der Waals surface area contributed by atoms with E-state index in [9.17, 15) is 4.79 Å². The molecule has 1 heterocycles. The van der Waals surface area contributed by atoms with Gasteiger partial charge in [-0.2, -0.15) is 0 Å². The zero-order chi connectivity index (χ0) is 13.8. The van der Waals surface area contributed by atoms with Crippen molar-refractivity contribution < 1.29 is 4.79 Å². The highest BCUT2D eigenvalue weighted by molar-refractivity contribution is 6.36. The molecule has 0 aliphatic rings. The first-order valence-electron chi connectivity index (χ1n) is 5.84.